The lowest BCUT2D eigenvalue weighted by atomic mass is 10.1. The minimum Gasteiger partial charge on any atom is -0.338 e. The highest BCUT2D eigenvalue weighted by atomic mass is 32.2. The molecule has 0 saturated carbocycles. The maximum atomic E-state index is 11.7. The minimum absolute atomic E-state index is 0.0479. The molecular weight excluding hydrogens is 276 g/mol. The van der Waals surface area contributed by atoms with E-state index in [1.54, 1.807) is 30.5 Å². The van der Waals surface area contributed by atoms with Crippen molar-refractivity contribution in [2.24, 2.45) is 0 Å². The molecule has 0 aliphatic carbocycles. The summed E-state index contributed by atoms with van der Waals surface area (Å²) in [6.07, 6.45) is 2.31. The standard InChI is InChI=1S/C14H20N2O3S/c1-10(20(3)19)7-8-15-14(18)16-13-6-4-5-12(9-13)11(2)17/h4-6,9-10H,7-8H2,1-3H3,(H2,15,16,18). The molecule has 2 atom stereocenters. The van der Waals surface area contributed by atoms with Crippen LogP contribution >= 0.6 is 0 Å². The molecule has 5 nitrogen and oxygen atoms in total. The average molecular weight is 296 g/mol. The number of urea groups is 1. The Balaban J connectivity index is 2.44. The monoisotopic (exact) mass is 296 g/mol. The van der Waals surface area contributed by atoms with Gasteiger partial charge < -0.3 is 10.6 Å². The van der Waals surface area contributed by atoms with Gasteiger partial charge in [-0.3, -0.25) is 9.00 Å². The smallest absolute Gasteiger partial charge is 0.319 e. The fraction of sp³-hybridized carbons (Fsp3) is 0.429. The molecule has 0 aliphatic heterocycles. The number of benzene rings is 1. The third-order valence-corrected chi connectivity index (χ3v) is 4.30. The van der Waals surface area contributed by atoms with E-state index in [0.717, 1.165) is 0 Å². The zero-order valence-electron chi connectivity index (χ0n) is 11.9. The molecule has 1 rings (SSSR count). The quantitative estimate of drug-likeness (QED) is 0.790. The van der Waals surface area contributed by atoms with Gasteiger partial charge in [0.15, 0.2) is 5.78 Å². The summed E-state index contributed by atoms with van der Waals surface area (Å²) in [5.41, 5.74) is 1.13. The van der Waals surface area contributed by atoms with E-state index in [2.05, 4.69) is 10.6 Å². The fourth-order valence-electron chi connectivity index (χ4n) is 1.55. The molecule has 0 heterocycles. The predicted molar refractivity (Wildman–Crippen MR) is 81.6 cm³/mol. The molecule has 0 saturated heterocycles. The predicted octanol–water partition coefficient (Wildman–Crippen LogP) is 2.17. The number of carbonyl (C=O) groups is 2. The van der Waals surface area contributed by atoms with Crippen LogP contribution in [0.15, 0.2) is 24.3 Å². The minimum atomic E-state index is -0.881. The number of hydrogen-bond donors (Lipinski definition) is 2. The largest absolute Gasteiger partial charge is 0.338 e. The highest BCUT2D eigenvalue weighted by molar-refractivity contribution is 7.84. The first-order valence-electron chi connectivity index (χ1n) is 6.38. The summed E-state index contributed by atoms with van der Waals surface area (Å²) in [6.45, 7) is 3.82. The Labute approximate surface area is 121 Å². The van der Waals surface area contributed by atoms with Gasteiger partial charge in [-0.15, -0.1) is 0 Å². The van der Waals surface area contributed by atoms with Gasteiger partial charge in [0, 0.05) is 40.1 Å². The first-order chi connectivity index (χ1) is 9.40. The topological polar surface area (TPSA) is 75.3 Å². The Morgan fingerprint density at radius 1 is 1.35 bits per heavy atom. The van der Waals surface area contributed by atoms with Crippen molar-refractivity contribution in [1.82, 2.24) is 5.32 Å². The summed E-state index contributed by atoms with van der Waals surface area (Å²) in [5, 5.41) is 5.41. The molecule has 2 unspecified atom stereocenters. The van der Waals surface area contributed by atoms with Gasteiger partial charge in [0.25, 0.3) is 0 Å². The summed E-state index contributed by atoms with van der Waals surface area (Å²) in [5.74, 6) is -0.0479. The summed E-state index contributed by atoms with van der Waals surface area (Å²) < 4.78 is 11.2. The summed E-state index contributed by atoms with van der Waals surface area (Å²) in [4.78, 5) is 22.9. The number of Topliss-reactive ketones (excluding diaryl/α,β-unsaturated/α-hetero) is 1. The molecule has 20 heavy (non-hydrogen) atoms. The lowest BCUT2D eigenvalue weighted by Gasteiger charge is -2.10. The van der Waals surface area contributed by atoms with Crippen molar-refractivity contribution < 1.29 is 13.8 Å². The Hall–Kier alpha value is -1.69. The average Bonchev–Trinajstić information content (AvgIpc) is 2.38. The number of carbonyl (C=O) groups excluding carboxylic acids is 2. The van der Waals surface area contributed by atoms with Gasteiger partial charge in [-0.25, -0.2) is 4.79 Å². The van der Waals surface area contributed by atoms with Crippen LogP contribution < -0.4 is 10.6 Å². The number of anilines is 1. The van der Waals surface area contributed by atoms with Crippen LogP contribution in [0.25, 0.3) is 0 Å². The van der Waals surface area contributed by atoms with E-state index in [1.165, 1.54) is 6.92 Å². The third kappa shape index (κ3) is 5.52. The van der Waals surface area contributed by atoms with Gasteiger partial charge in [-0.1, -0.05) is 19.1 Å². The first-order valence-corrected chi connectivity index (χ1v) is 8.00. The molecule has 0 spiro atoms. The SMILES string of the molecule is CC(=O)c1cccc(NC(=O)NCCC(C)S(C)=O)c1. The second kappa shape index (κ2) is 7.79. The van der Waals surface area contributed by atoms with Crippen LogP contribution in [0.5, 0.6) is 0 Å². The summed E-state index contributed by atoms with van der Waals surface area (Å²) in [6, 6.07) is 6.43. The van der Waals surface area contributed by atoms with Gasteiger partial charge in [0.2, 0.25) is 0 Å². The van der Waals surface area contributed by atoms with Crippen LogP contribution in [0.1, 0.15) is 30.6 Å². The molecule has 0 aliphatic rings. The van der Waals surface area contributed by atoms with E-state index < -0.39 is 10.8 Å². The van der Waals surface area contributed by atoms with Gasteiger partial charge >= 0.3 is 6.03 Å². The normalized spacial score (nSPS) is 13.3. The molecule has 0 radical (unpaired) electrons. The maximum absolute atomic E-state index is 11.7. The summed E-state index contributed by atoms with van der Waals surface area (Å²) >= 11 is 0. The lowest BCUT2D eigenvalue weighted by Crippen LogP contribution is -2.31. The van der Waals surface area contributed by atoms with Gasteiger partial charge in [-0.2, -0.15) is 0 Å². The van der Waals surface area contributed by atoms with Gasteiger partial charge in [0.05, 0.1) is 0 Å². The molecule has 6 heteroatoms. The highest BCUT2D eigenvalue weighted by Gasteiger charge is 2.07. The van der Waals surface area contributed by atoms with Gasteiger partial charge in [-0.05, 0) is 25.5 Å². The van der Waals surface area contributed by atoms with Crippen LogP contribution in [0.4, 0.5) is 10.5 Å². The van der Waals surface area contributed by atoms with Crippen LogP contribution in [0.2, 0.25) is 0 Å². The van der Waals surface area contributed by atoms with Crippen molar-refractivity contribution in [3.8, 4) is 0 Å². The Morgan fingerprint density at radius 2 is 2.05 bits per heavy atom. The van der Waals surface area contributed by atoms with Crippen molar-refractivity contribution >= 4 is 28.3 Å². The second-order valence-corrected chi connectivity index (χ2v) is 6.42. The second-order valence-electron chi connectivity index (χ2n) is 4.62. The summed E-state index contributed by atoms with van der Waals surface area (Å²) in [7, 11) is -0.881. The zero-order valence-corrected chi connectivity index (χ0v) is 12.8. The molecule has 2 N–H and O–H groups in total. The Morgan fingerprint density at radius 3 is 2.65 bits per heavy atom. The molecular formula is C14H20N2O3S. The molecule has 0 fully saturated rings. The molecule has 2 amide bonds. The zero-order chi connectivity index (χ0) is 15.1. The number of rotatable bonds is 6. The van der Waals surface area contributed by atoms with Crippen LogP contribution in [0.3, 0.4) is 0 Å². The molecule has 1 aromatic carbocycles. The first kappa shape index (κ1) is 16.4. The molecule has 1 aromatic rings. The number of nitrogens with one attached hydrogen (secondary N) is 2. The van der Waals surface area contributed by atoms with E-state index in [-0.39, 0.29) is 17.1 Å². The third-order valence-electron chi connectivity index (χ3n) is 2.93. The van der Waals surface area contributed by atoms with E-state index in [9.17, 15) is 13.8 Å². The van der Waals surface area contributed by atoms with Crippen LogP contribution in [0, 0.1) is 0 Å². The van der Waals surface area contributed by atoms with Crippen LogP contribution in [-0.4, -0.2) is 34.1 Å². The Kier molecular flexibility index (Phi) is 6.38. The molecule has 0 aromatic heterocycles. The maximum Gasteiger partial charge on any atom is 0.319 e. The lowest BCUT2D eigenvalue weighted by molar-refractivity contribution is 0.101. The molecule has 0 bridgehead atoms. The van der Waals surface area contributed by atoms with Crippen molar-refractivity contribution in [2.75, 3.05) is 18.1 Å². The van der Waals surface area contributed by atoms with E-state index in [4.69, 9.17) is 0 Å². The van der Waals surface area contributed by atoms with Crippen molar-refractivity contribution in [3.63, 3.8) is 0 Å². The molecule has 110 valence electrons. The van der Waals surface area contributed by atoms with Crippen molar-refractivity contribution in [2.45, 2.75) is 25.5 Å². The van der Waals surface area contributed by atoms with Crippen LogP contribution in [-0.2, 0) is 10.8 Å². The van der Waals surface area contributed by atoms with Crippen molar-refractivity contribution in [1.29, 1.82) is 0 Å². The number of amides is 2. The fourth-order valence-corrected chi connectivity index (χ4v) is 2.00. The van der Waals surface area contributed by atoms with Crippen molar-refractivity contribution in [3.05, 3.63) is 29.8 Å². The number of hydrogen-bond acceptors (Lipinski definition) is 3. The number of ketones is 1. The van der Waals surface area contributed by atoms with E-state index in [1.807, 2.05) is 6.92 Å². The Bertz CT molecular complexity index is 517. The van der Waals surface area contributed by atoms with E-state index >= 15 is 0 Å². The van der Waals surface area contributed by atoms with E-state index in [0.29, 0.717) is 24.2 Å². The van der Waals surface area contributed by atoms with Gasteiger partial charge in [0.1, 0.15) is 0 Å². The highest BCUT2D eigenvalue weighted by Crippen LogP contribution is 2.10.